The van der Waals surface area contributed by atoms with Gasteiger partial charge in [0.15, 0.2) is 0 Å². The van der Waals surface area contributed by atoms with Crippen LogP contribution in [0.1, 0.15) is 21.9 Å². The van der Waals surface area contributed by atoms with Crippen LogP contribution >= 0.6 is 11.3 Å². The summed E-state index contributed by atoms with van der Waals surface area (Å²) < 4.78 is 1.66. The first-order valence-electron chi connectivity index (χ1n) is 6.39. The monoisotopic (exact) mass is 276 g/mol. The molecule has 1 saturated heterocycles. The lowest BCUT2D eigenvalue weighted by atomic mass is 10.1. The van der Waals surface area contributed by atoms with E-state index in [0.717, 1.165) is 30.9 Å². The number of aryl methyl sites for hydroxylation is 1. The molecule has 2 aromatic heterocycles. The van der Waals surface area contributed by atoms with E-state index < -0.39 is 0 Å². The number of likely N-dealkylation sites (tertiary alicyclic amines) is 1. The molecule has 0 saturated carbocycles. The number of hydrogen-bond donors (Lipinski definition) is 0. The summed E-state index contributed by atoms with van der Waals surface area (Å²) >= 11 is 1.69. The molecule has 1 aliphatic heterocycles. The van der Waals surface area contributed by atoms with Gasteiger partial charge >= 0.3 is 0 Å². The fourth-order valence-corrected chi connectivity index (χ4v) is 3.21. The van der Waals surface area contributed by atoms with Crippen molar-refractivity contribution in [1.82, 2.24) is 19.7 Å². The van der Waals surface area contributed by atoms with Gasteiger partial charge < -0.3 is 4.90 Å². The zero-order valence-electron chi connectivity index (χ0n) is 10.8. The highest BCUT2D eigenvalue weighted by molar-refractivity contribution is 7.09. The lowest BCUT2D eigenvalue weighted by molar-refractivity contribution is 0.0780. The molecule has 3 heterocycles. The zero-order chi connectivity index (χ0) is 13.2. The molecule has 1 amide bonds. The predicted molar refractivity (Wildman–Crippen MR) is 73.0 cm³/mol. The Labute approximate surface area is 115 Å². The molecule has 5 nitrogen and oxygen atoms in total. The molecule has 6 heteroatoms. The SMILES string of the molecule is Cn1ccc(C(=O)N2CC[C@@H](Cc3nccs3)C2)n1. The molecule has 0 N–H and O–H groups in total. The summed E-state index contributed by atoms with van der Waals surface area (Å²) in [5.41, 5.74) is 0.539. The average molecular weight is 276 g/mol. The summed E-state index contributed by atoms with van der Waals surface area (Å²) in [5, 5.41) is 7.34. The fraction of sp³-hybridized carbons (Fsp3) is 0.462. The van der Waals surface area contributed by atoms with E-state index in [2.05, 4.69) is 10.1 Å². The zero-order valence-corrected chi connectivity index (χ0v) is 11.6. The highest BCUT2D eigenvalue weighted by atomic mass is 32.1. The number of nitrogens with zero attached hydrogens (tertiary/aromatic N) is 4. The lowest BCUT2D eigenvalue weighted by Crippen LogP contribution is -2.29. The van der Waals surface area contributed by atoms with Crippen LogP contribution in [0.25, 0.3) is 0 Å². The van der Waals surface area contributed by atoms with Crippen LogP contribution in [0, 0.1) is 5.92 Å². The van der Waals surface area contributed by atoms with Gasteiger partial charge in [-0.05, 0) is 18.4 Å². The highest BCUT2D eigenvalue weighted by Crippen LogP contribution is 2.22. The molecular formula is C13H16N4OS. The molecule has 3 rings (SSSR count). The van der Waals surface area contributed by atoms with Gasteiger partial charge in [0.25, 0.3) is 5.91 Å². The number of rotatable bonds is 3. The normalized spacial score (nSPS) is 19.0. The van der Waals surface area contributed by atoms with Crippen LogP contribution in [0.3, 0.4) is 0 Å². The van der Waals surface area contributed by atoms with Gasteiger partial charge in [0, 0.05) is 44.3 Å². The molecule has 2 aromatic rings. The van der Waals surface area contributed by atoms with Crippen molar-refractivity contribution < 1.29 is 4.79 Å². The third-order valence-corrected chi connectivity index (χ3v) is 4.25. The number of hydrogen-bond acceptors (Lipinski definition) is 4. The summed E-state index contributed by atoms with van der Waals surface area (Å²) in [6.07, 6.45) is 5.67. The van der Waals surface area contributed by atoms with Crippen molar-refractivity contribution in [3.8, 4) is 0 Å². The third-order valence-electron chi connectivity index (χ3n) is 3.45. The van der Waals surface area contributed by atoms with Crippen molar-refractivity contribution in [3.05, 3.63) is 34.5 Å². The second kappa shape index (κ2) is 5.13. The van der Waals surface area contributed by atoms with Gasteiger partial charge in [-0.25, -0.2) is 4.98 Å². The van der Waals surface area contributed by atoms with Crippen molar-refractivity contribution in [3.63, 3.8) is 0 Å². The second-order valence-corrected chi connectivity index (χ2v) is 5.89. The molecule has 19 heavy (non-hydrogen) atoms. The Kier molecular flexibility index (Phi) is 3.33. The molecule has 0 unspecified atom stereocenters. The Morgan fingerprint density at radius 2 is 2.47 bits per heavy atom. The third kappa shape index (κ3) is 2.68. The molecule has 100 valence electrons. The number of amides is 1. The Hall–Kier alpha value is -1.69. The summed E-state index contributed by atoms with van der Waals surface area (Å²) in [5.74, 6) is 0.570. The van der Waals surface area contributed by atoms with E-state index in [-0.39, 0.29) is 5.91 Å². The van der Waals surface area contributed by atoms with E-state index in [1.165, 1.54) is 0 Å². The minimum absolute atomic E-state index is 0.0437. The number of carbonyl (C=O) groups is 1. The van der Waals surface area contributed by atoms with E-state index >= 15 is 0 Å². The summed E-state index contributed by atoms with van der Waals surface area (Å²) in [6, 6.07) is 1.77. The van der Waals surface area contributed by atoms with Crippen molar-refractivity contribution in [2.24, 2.45) is 13.0 Å². The van der Waals surface area contributed by atoms with Gasteiger partial charge in [-0.15, -0.1) is 11.3 Å². The van der Waals surface area contributed by atoms with Gasteiger partial charge in [0.2, 0.25) is 0 Å². The summed E-state index contributed by atoms with van der Waals surface area (Å²) in [6.45, 7) is 1.64. The molecule has 1 atom stereocenters. The molecule has 0 aliphatic carbocycles. The van der Waals surface area contributed by atoms with Crippen LogP contribution in [-0.2, 0) is 13.5 Å². The average Bonchev–Trinajstić information content (AvgIpc) is 3.10. The Morgan fingerprint density at radius 1 is 1.58 bits per heavy atom. The molecule has 0 spiro atoms. The quantitative estimate of drug-likeness (QED) is 0.855. The number of carbonyl (C=O) groups excluding carboxylic acids is 1. The Balaban J connectivity index is 1.61. The molecule has 1 aliphatic rings. The van der Waals surface area contributed by atoms with Crippen LogP contribution in [0.2, 0.25) is 0 Å². The molecule has 1 fully saturated rings. The minimum Gasteiger partial charge on any atom is -0.337 e. The smallest absolute Gasteiger partial charge is 0.274 e. The molecular weight excluding hydrogens is 260 g/mol. The second-order valence-electron chi connectivity index (χ2n) is 4.91. The van der Waals surface area contributed by atoms with E-state index in [1.807, 2.05) is 23.5 Å². The van der Waals surface area contributed by atoms with Gasteiger partial charge in [-0.2, -0.15) is 5.10 Å². The maximum absolute atomic E-state index is 12.2. The maximum atomic E-state index is 12.2. The summed E-state index contributed by atoms with van der Waals surface area (Å²) in [4.78, 5) is 18.5. The molecule has 0 aromatic carbocycles. The molecule has 0 bridgehead atoms. The van der Waals surface area contributed by atoms with Gasteiger partial charge in [-0.3, -0.25) is 9.48 Å². The van der Waals surface area contributed by atoms with Crippen LogP contribution in [0.5, 0.6) is 0 Å². The molecule has 0 radical (unpaired) electrons. The highest BCUT2D eigenvalue weighted by Gasteiger charge is 2.28. The predicted octanol–water partition coefficient (Wildman–Crippen LogP) is 1.58. The van der Waals surface area contributed by atoms with Crippen LogP contribution in [0.4, 0.5) is 0 Å². The Morgan fingerprint density at radius 3 is 3.16 bits per heavy atom. The van der Waals surface area contributed by atoms with Gasteiger partial charge in [0.1, 0.15) is 5.69 Å². The maximum Gasteiger partial charge on any atom is 0.274 e. The largest absolute Gasteiger partial charge is 0.337 e. The fourth-order valence-electron chi connectivity index (χ4n) is 2.48. The van der Waals surface area contributed by atoms with E-state index in [0.29, 0.717) is 11.6 Å². The van der Waals surface area contributed by atoms with E-state index in [1.54, 1.807) is 28.3 Å². The number of aromatic nitrogens is 3. The van der Waals surface area contributed by atoms with Crippen LogP contribution in [0.15, 0.2) is 23.8 Å². The first-order chi connectivity index (χ1) is 9.22. The topological polar surface area (TPSA) is 51.0 Å². The van der Waals surface area contributed by atoms with E-state index in [9.17, 15) is 4.79 Å². The van der Waals surface area contributed by atoms with Crippen molar-refractivity contribution in [2.45, 2.75) is 12.8 Å². The minimum atomic E-state index is 0.0437. The van der Waals surface area contributed by atoms with Crippen LogP contribution < -0.4 is 0 Å². The lowest BCUT2D eigenvalue weighted by Gasteiger charge is -2.14. The van der Waals surface area contributed by atoms with Crippen LogP contribution in [-0.4, -0.2) is 38.7 Å². The van der Waals surface area contributed by atoms with E-state index in [4.69, 9.17) is 0 Å². The first-order valence-corrected chi connectivity index (χ1v) is 7.27. The first kappa shape index (κ1) is 12.3. The van der Waals surface area contributed by atoms with Gasteiger partial charge in [-0.1, -0.05) is 0 Å². The number of thiazole rings is 1. The van der Waals surface area contributed by atoms with Gasteiger partial charge in [0.05, 0.1) is 5.01 Å². The van der Waals surface area contributed by atoms with Crippen molar-refractivity contribution in [1.29, 1.82) is 0 Å². The summed E-state index contributed by atoms with van der Waals surface area (Å²) in [7, 11) is 1.83. The Bertz CT molecular complexity index is 563. The van der Waals surface area contributed by atoms with Crippen molar-refractivity contribution in [2.75, 3.05) is 13.1 Å². The van der Waals surface area contributed by atoms with Crippen molar-refractivity contribution >= 4 is 17.2 Å². The standard InChI is InChI=1S/C13H16N4OS/c1-16-5-3-11(15-16)13(18)17-6-2-10(9-17)8-12-14-4-7-19-12/h3-5,7,10H,2,6,8-9H2,1H3/t10-/m0/s1.